The minimum Gasteiger partial charge on any atom is -0.480 e. The second kappa shape index (κ2) is 6.04. The van der Waals surface area contributed by atoms with Gasteiger partial charge in [-0.1, -0.05) is 20.8 Å². The van der Waals surface area contributed by atoms with E-state index in [2.05, 4.69) is 10.6 Å². The van der Waals surface area contributed by atoms with E-state index in [-0.39, 0.29) is 0 Å². The number of carboxylic acid groups (broad SMARTS) is 1. The fourth-order valence-electron chi connectivity index (χ4n) is 1.81. The van der Waals surface area contributed by atoms with Crippen molar-refractivity contribution < 1.29 is 19.4 Å². The van der Waals surface area contributed by atoms with Crippen LogP contribution in [0.5, 0.6) is 0 Å². The van der Waals surface area contributed by atoms with E-state index in [0.717, 1.165) is 13.0 Å². The molecule has 6 nitrogen and oxygen atoms in total. The fraction of sp³-hybridized carbons (Fsp3) is 0.833. The van der Waals surface area contributed by atoms with E-state index in [1.165, 1.54) is 0 Å². The number of carboxylic acids is 1. The van der Waals surface area contributed by atoms with Crippen molar-refractivity contribution in [2.24, 2.45) is 11.3 Å². The van der Waals surface area contributed by atoms with E-state index < -0.39 is 23.5 Å². The Hall–Kier alpha value is -1.30. The number of rotatable bonds is 4. The minimum absolute atomic E-state index is 0.327. The Kier molecular flexibility index (Phi) is 4.95. The largest absolute Gasteiger partial charge is 0.480 e. The maximum absolute atomic E-state index is 11.6. The molecule has 2 atom stereocenters. The molecule has 0 aromatic heterocycles. The van der Waals surface area contributed by atoms with Gasteiger partial charge >= 0.3 is 12.0 Å². The van der Waals surface area contributed by atoms with Crippen molar-refractivity contribution >= 4 is 12.0 Å². The zero-order valence-corrected chi connectivity index (χ0v) is 11.2. The average molecular weight is 258 g/mol. The molecule has 2 amide bonds. The summed E-state index contributed by atoms with van der Waals surface area (Å²) in [6, 6.07) is -1.35. The lowest BCUT2D eigenvalue weighted by Crippen LogP contribution is -2.52. The van der Waals surface area contributed by atoms with Gasteiger partial charge in [-0.2, -0.15) is 0 Å². The molecular formula is C12H22N2O4. The molecule has 0 bridgehead atoms. The molecule has 0 spiro atoms. The predicted molar refractivity (Wildman–Crippen MR) is 66.3 cm³/mol. The highest BCUT2D eigenvalue weighted by molar-refractivity contribution is 5.83. The van der Waals surface area contributed by atoms with Crippen LogP contribution in [0.25, 0.3) is 0 Å². The first-order valence-electron chi connectivity index (χ1n) is 6.15. The molecule has 104 valence electrons. The SMILES string of the molecule is CC(C)(C)C(NC(=O)NCC1CCOC1)C(=O)O. The van der Waals surface area contributed by atoms with Gasteiger partial charge in [-0.15, -0.1) is 0 Å². The molecule has 1 aliphatic heterocycles. The summed E-state index contributed by atoms with van der Waals surface area (Å²) < 4.78 is 5.20. The Labute approximate surface area is 107 Å². The van der Waals surface area contributed by atoms with E-state index in [9.17, 15) is 9.59 Å². The Morgan fingerprint density at radius 3 is 2.56 bits per heavy atom. The number of amides is 2. The molecule has 1 rings (SSSR count). The first-order chi connectivity index (χ1) is 8.30. The molecule has 0 saturated carbocycles. The molecule has 0 aliphatic carbocycles. The summed E-state index contributed by atoms with van der Waals surface area (Å²) in [5.41, 5.74) is -0.528. The van der Waals surface area contributed by atoms with Crippen LogP contribution in [0.4, 0.5) is 4.79 Å². The van der Waals surface area contributed by atoms with Gasteiger partial charge in [-0.05, 0) is 11.8 Å². The van der Waals surface area contributed by atoms with Crippen LogP contribution in [-0.2, 0) is 9.53 Å². The number of hydrogen-bond donors (Lipinski definition) is 3. The van der Waals surface area contributed by atoms with Crippen molar-refractivity contribution in [1.82, 2.24) is 10.6 Å². The quantitative estimate of drug-likeness (QED) is 0.696. The van der Waals surface area contributed by atoms with Gasteiger partial charge in [0.15, 0.2) is 0 Å². The number of hydrogen-bond acceptors (Lipinski definition) is 3. The number of carbonyl (C=O) groups is 2. The highest BCUT2D eigenvalue weighted by Gasteiger charge is 2.32. The summed E-state index contributed by atoms with van der Waals surface area (Å²) in [6.45, 7) is 7.22. The molecule has 1 fully saturated rings. The van der Waals surface area contributed by atoms with E-state index in [0.29, 0.717) is 19.1 Å². The predicted octanol–water partition coefficient (Wildman–Crippen LogP) is 0.821. The molecule has 0 aromatic rings. The smallest absolute Gasteiger partial charge is 0.326 e. The Morgan fingerprint density at radius 2 is 2.11 bits per heavy atom. The van der Waals surface area contributed by atoms with Crippen LogP contribution >= 0.6 is 0 Å². The normalized spacial score (nSPS) is 21.4. The average Bonchev–Trinajstić information content (AvgIpc) is 2.73. The zero-order chi connectivity index (χ0) is 13.8. The van der Waals surface area contributed by atoms with Gasteiger partial charge in [0.1, 0.15) is 6.04 Å². The van der Waals surface area contributed by atoms with Crippen molar-refractivity contribution in [3.63, 3.8) is 0 Å². The lowest BCUT2D eigenvalue weighted by atomic mass is 9.87. The molecule has 0 aromatic carbocycles. The summed E-state index contributed by atoms with van der Waals surface area (Å²) in [4.78, 5) is 22.7. The zero-order valence-electron chi connectivity index (χ0n) is 11.2. The van der Waals surface area contributed by atoms with E-state index in [4.69, 9.17) is 9.84 Å². The molecule has 18 heavy (non-hydrogen) atoms. The van der Waals surface area contributed by atoms with Crippen LogP contribution in [0.2, 0.25) is 0 Å². The van der Waals surface area contributed by atoms with Gasteiger partial charge in [-0.25, -0.2) is 9.59 Å². The van der Waals surface area contributed by atoms with Crippen LogP contribution in [0.1, 0.15) is 27.2 Å². The van der Waals surface area contributed by atoms with E-state index in [1.54, 1.807) is 20.8 Å². The minimum atomic E-state index is -1.03. The van der Waals surface area contributed by atoms with Crippen molar-refractivity contribution in [2.45, 2.75) is 33.2 Å². The summed E-state index contributed by atoms with van der Waals surface area (Å²) in [5.74, 6) is -0.699. The molecule has 1 aliphatic rings. The van der Waals surface area contributed by atoms with Crippen LogP contribution in [0.15, 0.2) is 0 Å². The number of nitrogens with one attached hydrogen (secondary N) is 2. The Balaban J connectivity index is 2.39. The number of ether oxygens (including phenoxy) is 1. The first kappa shape index (κ1) is 14.8. The van der Waals surface area contributed by atoms with E-state index in [1.807, 2.05) is 0 Å². The van der Waals surface area contributed by atoms with Gasteiger partial charge in [-0.3, -0.25) is 0 Å². The van der Waals surface area contributed by atoms with Crippen molar-refractivity contribution in [3.05, 3.63) is 0 Å². The van der Waals surface area contributed by atoms with E-state index >= 15 is 0 Å². The lowest BCUT2D eigenvalue weighted by molar-refractivity contribution is -0.141. The molecular weight excluding hydrogens is 236 g/mol. The maximum atomic E-state index is 11.6. The summed E-state index contributed by atoms with van der Waals surface area (Å²) in [5, 5.41) is 14.3. The second-order valence-corrected chi connectivity index (χ2v) is 5.72. The van der Waals surface area contributed by atoms with Gasteiger partial charge in [0, 0.05) is 19.1 Å². The summed E-state index contributed by atoms with van der Waals surface area (Å²) >= 11 is 0. The standard InChI is InChI=1S/C12H22N2O4/c1-12(2,3)9(10(15)16)14-11(17)13-6-8-4-5-18-7-8/h8-9H,4-7H2,1-3H3,(H,15,16)(H2,13,14,17). The van der Waals surface area contributed by atoms with Crippen molar-refractivity contribution in [2.75, 3.05) is 19.8 Å². The summed E-state index contributed by atoms with van der Waals surface area (Å²) in [6.07, 6.45) is 0.932. The fourth-order valence-corrected chi connectivity index (χ4v) is 1.81. The van der Waals surface area contributed by atoms with Crippen LogP contribution in [0, 0.1) is 11.3 Å². The first-order valence-corrected chi connectivity index (χ1v) is 6.15. The Morgan fingerprint density at radius 1 is 1.44 bits per heavy atom. The topological polar surface area (TPSA) is 87.7 Å². The lowest BCUT2D eigenvalue weighted by Gasteiger charge is -2.27. The Bertz CT molecular complexity index is 306. The number of carbonyl (C=O) groups excluding carboxylic acids is 1. The molecule has 1 heterocycles. The third kappa shape index (κ3) is 4.52. The third-order valence-electron chi connectivity index (χ3n) is 2.96. The second-order valence-electron chi connectivity index (χ2n) is 5.72. The van der Waals surface area contributed by atoms with Gasteiger partial charge < -0.3 is 20.5 Å². The van der Waals surface area contributed by atoms with Crippen LogP contribution in [-0.4, -0.2) is 42.9 Å². The number of aliphatic carboxylic acids is 1. The molecule has 2 unspecified atom stereocenters. The molecule has 0 radical (unpaired) electrons. The summed E-state index contributed by atoms with van der Waals surface area (Å²) in [7, 11) is 0. The monoisotopic (exact) mass is 258 g/mol. The van der Waals surface area contributed by atoms with Gasteiger partial charge in [0.2, 0.25) is 0 Å². The van der Waals surface area contributed by atoms with Gasteiger partial charge in [0.25, 0.3) is 0 Å². The van der Waals surface area contributed by atoms with Crippen molar-refractivity contribution in [3.8, 4) is 0 Å². The highest BCUT2D eigenvalue weighted by Crippen LogP contribution is 2.19. The number of urea groups is 1. The maximum Gasteiger partial charge on any atom is 0.326 e. The molecule has 6 heteroatoms. The van der Waals surface area contributed by atoms with Crippen molar-refractivity contribution in [1.29, 1.82) is 0 Å². The molecule has 1 saturated heterocycles. The van der Waals surface area contributed by atoms with Gasteiger partial charge in [0.05, 0.1) is 6.61 Å². The van der Waals surface area contributed by atoms with Crippen LogP contribution < -0.4 is 10.6 Å². The third-order valence-corrected chi connectivity index (χ3v) is 2.96. The van der Waals surface area contributed by atoms with Crippen LogP contribution in [0.3, 0.4) is 0 Å². The molecule has 3 N–H and O–H groups in total. The highest BCUT2D eigenvalue weighted by atomic mass is 16.5.